The Labute approximate surface area is 141 Å². The van der Waals surface area contributed by atoms with Crippen LogP contribution in [0.3, 0.4) is 0 Å². The Bertz CT molecular complexity index is 687. The van der Waals surface area contributed by atoms with Gasteiger partial charge in [-0.25, -0.2) is 9.97 Å². The van der Waals surface area contributed by atoms with Crippen molar-refractivity contribution in [2.45, 2.75) is 26.5 Å². The van der Waals surface area contributed by atoms with Crippen LogP contribution in [0.25, 0.3) is 0 Å². The third-order valence-corrected chi connectivity index (χ3v) is 3.84. The summed E-state index contributed by atoms with van der Waals surface area (Å²) in [6, 6.07) is 3.95. The minimum absolute atomic E-state index is 0.218. The summed E-state index contributed by atoms with van der Waals surface area (Å²) in [4.78, 5) is 26.9. The molecule has 24 heavy (non-hydrogen) atoms. The van der Waals surface area contributed by atoms with Crippen LogP contribution in [0.5, 0.6) is 0 Å². The number of aromatic nitrogens is 3. The lowest BCUT2D eigenvalue weighted by Crippen LogP contribution is -2.41. The van der Waals surface area contributed by atoms with E-state index in [0.717, 1.165) is 36.8 Å². The van der Waals surface area contributed by atoms with Gasteiger partial charge in [-0.3, -0.25) is 9.78 Å². The van der Waals surface area contributed by atoms with E-state index < -0.39 is 0 Å². The molecule has 126 valence electrons. The van der Waals surface area contributed by atoms with Crippen LogP contribution in [0.4, 0.5) is 5.82 Å². The highest BCUT2D eigenvalue weighted by Gasteiger charge is 2.17. The minimum Gasteiger partial charge on any atom is -0.375 e. The second kappa shape index (κ2) is 7.35. The number of hydrogen-bond donors (Lipinski definition) is 1. The molecule has 1 atom stereocenters. The SMILES string of the molecule is Cc1cnc(C(=O)NCc2ccc(N3CCO[C@H](C)C3)nc2)cn1. The zero-order valence-electron chi connectivity index (χ0n) is 13.9. The number of anilines is 1. The van der Waals surface area contributed by atoms with Gasteiger partial charge in [0.25, 0.3) is 5.91 Å². The summed E-state index contributed by atoms with van der Waals surface area (Å²) in [5, 5.41) is 2.83. The molecule has 1 N–H and O–H groups in total. The lowest BCUT2D eigenvalue weighted by Gasteiger charge is -2.32. The molecule has 7 nitrogen and oxygen atoms in total. The molecule has 2 aromatic heterocycles. The Kier molecular flexibility index (Phi) is 5.00. The summed E-state index contributed by atoms with van der Waals surface area (Å²) >= 11 is 0. The quantitative estimate of drug-likeness (QED) is 0.913. The first-order chi connectivity index (χ1) is 11.6. The molecule has 0 bridgehead atoms. The van der Waals surface area contributed by atoms with Crippen LogP contribution in [0.2, 0.25) is 0 Å². The fourth-order valence-corrected chi connectivity index (χ4v) is 2.52. The summed E-state index contributed by atoms with van der Waals surface area (Å²) in [6.07, 6.45) is 5.06. The molecular weight excluding hydrogens is 306 g/mol. The third-order valence-electron chi connectivity index (χ3n) is 3.84. The zero-order valence-corrected chi connectivity index (χ0v) is 13.9. The average molecular weight is 327 g/mol. The van der Waals surface area contributed by atoms with Crippen molar-refractivity contribution in [3.8, 4) is 0 Å². The van der Waals surface area contributed by atoms with Crippen LogP contribution in [-0.4, -0.2) is 46.7 Å². The zero-order chi connectivity index (χ0) is 16.9. The molecule has 1 aliphatic rings. The van der Waals surface area contributed by atoms with Gasteiger partial charge < -0.3 is 15.0 Å². The maximum Gasteiger partial charge on any atom is 0.271 e. The normalized spacial score (nSPS) is 17.6. The van der Waals surface area contributed by atoms with E-state index in [9.17, 15) is 4.79 Å². The topological polar surface area (TPSA) is 80.2 Å². The molecule has 0 spiro atoms. The van der Waals surface area contributed by atoms with Gasteiger partial charge in [-0.15, -0.1) is 0 Å². The van der Waals surface area contributed by atoms with Gasteiger partial charge >= 0.3 is 0 Å². The van der Waals surface area contributed by atoms with E-state index in [-0.39, 0.29) is 12.0 Å². The lowest BCUT2D eigenvalue weighted by atomic mass is 10.2. The van der Waals surface area contributed by atoms with Gasteiger partial charge in [0.15, 0.2) is 0 Å². The Morgan fingerprint density at radius 1 is 1.29 bits per heavy atom. The van der Waals surface area contributed by atoms with Crippen molar-refractivity contribution >= 4 is 11.7 Å². The molecule has 3 heterocycles. The van der Waals surface area contributed by atoms with E-state index >= 15 is 0 Å². The molecular formula is C17H21N5O2. The molecule has 1 fully saturated rings. The Hall–Kier alpha value is -2.54. The molecule has 7 heteroatoms. The smallest absolute Gasteiger partial charge is 0.271 e. The standard InChI is InChI=1S/C17H21N5O2/c1-12-7-19-15(10-18-12)17(23)21-9-14-3-4-16(20-8-14)22-5-6-24-13(2)11-22/h3-4,7-8,10,13H,5-6,9,11H2,1-2H3,(H,21,23)/t13-/m1/s1. The summed E-state index contributed by atoms with van der Waals surface area (Å²) < 4.78 is 5.54. The maximum absolute atomic E-state index is 12.0. The molecule has 0 unspecified atom stereocenters. The van der Waals surface area contributed by atoms with Gasteiger partial charge in [-0.1, -0.05) is 6.07 Å². The molecule has 0 aliphatic carbocycles. The molecule has 3 rings (SSSR count). The highest BCUT2D eigenvalue weighted by Crippen LogP contribution is 2.15. The number of pyridine rings is 1. The second-order valence-corrected chi connectivity index (χ2v) is 5.88. The first-order valence-electron chi connectivity index (χ1n) is 8.00. The van der Waals surface area contributed by atoms with Crippen LogP contribution >= 0.6 is 0 Å². The van der Waals surface area contributed by atoms with Crippen LogP contribution in [-0.2, 0) is 11.3 Å². The molecule has 1 saturated heterocycles. The van der Waals surface area contributed by atoms with Gasteiger partial charge in [0.1, 0.15) is 11.5 Å². The Balaban J connectivity index is 1.56. The minimum atomic E-state index is -0.242. The molecule has 2 aromatic rings. The van der Waals surface area contributed by atoms with E-state index in [1.165, 1.54) is 6.20 Å². The summed E-state index contributed by atoms with van der Waals surface area (Å²) in [5.74, 6) is 0.693. The lowest BCUT2D eigenvalue weighted by molar-refractivity contribution is 0.0529. The van der Waals surface area contributed by atoms with Crippen LogP contribution in [0, 0.1) is 6.92 Å². The molecule has 1 aliphatic heterocycles. The first kappa shape index (κ1) is 16.3. The van der Waals surface area contributed by atoms with Crippen molar-refractivity contribution in [2.24, 2.45) is 0 Å². The average Bonchev–Trinajstić information content (AvgIpc) is 2.61. The van der Waals surface area contributed by atoms with E-state index in [1.54, 1.807) is 12.4 Å². The van der Waals surface area contributed by atoms with Crippen molar-refractivity contribution < 1.29 is 9.53 Å². The predicted molar refractivity (Wildman–Crippen MR) is 89.8 cm³/mol. The number of aryl methyl sites for hydroxylation is 1. The number of morpholine rings is 1. The number of rotatable bonds is 4. The number of ether oxygens (including phenoxy) is 1. The van der Waals surface area contributed by atoms with Gasteiger partial charge in [-0.2, -0.15) is 0 Å². The summed E-state index contributed by atoms with van der Waals surface area (Å²) in [5.41, 5.74) is 2.03. The molecule has 0 aromatic carbocycles. The largest absolute Gasteiger partial charge is 0.375 e. The van der Waals surface area contributed by atoms with Gasteiger partial charge in [0, 0.05) is 32.0 Å². The van der Waals surface area contributed by atoms with Gasteiger partial charge in [0.05, 0.1) is 24.6 Å². The highest BCUT2D eigenvalue weighted by atomic mass is 16.5. The van der Waals surface area contributed by atoms with Crippen LogP contribution < -0.4 is 10.2 Å². The number of nitrogens with one attached hydrogen (secondary N) is 1. The van der Waals surface area contributed by atoms with Crippen molar-refractivity contribution in [1.82, 2.24) is 20.3 Å². The molecule has 0 radical (unpaired) electrons. The van der Waals surface area contributed by atoms with Crippen LogP contribution in [0.1, 0.15) is 28.7 Å². The van der Waals surface area contributed by atoms with Gasteiger partial charge in [-0.05, 0) is 25.5 Å². The Morgan fingerprint density at radius 3 is 2.83 bits per heavy atom. The van der Waals surface area contributed by atoms with Crippen molar-refractivity contribution in [3.63, 3.8) is 0 Å². The van der Waals surface area contributed by atoms with E-state index in [1.807, 2.05) is 19.1 Å². The van der Waals surface area contributed by atoms with E-state index in [4.69, 9.17) is 4.74 Å². The fraction of sp³-hybridized carbons (Fsp3) is 0.412. The van der Waals surface area contributed by atoms with Crippen molar-refractivity contribution in [1.29, 1.82) is 0 Å². The molecule has 1 amide bonds. The van der Waals surface area contributed by atoms with E-state index in [0.29, 0.717) is 12.2 Å². The van der Waals surface area contributed by atoms with Gasteiger partial charge in [0.2, 0.25) is 0 Å². The second-order valence-electron chi connectivity index (χ2n) is 5.88. The number of nitrogens with zero attached hydrogens (tertiary/aromatic N) is 4. The fourth-order valence-electron chi connectivity index (χ4n) is 2.52. The summed E-state index contributed by atoms with van der Waals surface area (Å²) in [6.45, 7) is 6.70. The van der Waals surface area contributed by atoms with Crippen LogP contribution in [0.15, 0.2) is 30.7 Å². The molecule has 0 saturated carbocycles. The predicted octanol–water partition coefficient (Wildman–Crippen LogP) is 1.34. The highest BCUT2D eigenvalue weighted by molar-refractivity contribution is 5.91. The number of amides is 1. The van der Waals surface area contributed by atoms with Crippen molar-refractivity contribution in [3.05, 3.63) is 47.7 Å². The summed E-state index contributed by atoms with van der Waals surface area (Å²) in [7, 11) is 0. The monoisotopic (exact) mass is 327 g/mol. The third kappa shape index (κ3) is 4.05. The Morgan fingerprint density at radius 2 is 2.17 bits per heavy atom. The number of hydrogen-bond acceptors (Lipinski definition) is 6. The number of carbonyl (C=O) groups excluding carboxylic acids is 1. The van der Waals surface area contributed by atoms with E-state index in [2.05, 4.69) is 32.1 Å². The van der Waals surface area contributed by atoms with Crippen molar-refractivity contribution in [2.75, 3.05) is 24.6 Å². The first-order valence-corrected chi connectivity index (χ1v) is 8.00. The number of carbonyl (C=O) groups is 1. The maximum atomic E-state index is 12.0.